The molecule has 0 unspecified atom stereocenters. The molecule has 0 radical (unpaired) electrons. The summed E-state index contributed by atoms with van der Waals surface area (Å²) < 4.78 is 41.1. The van der Waals surface area contributed by atoms with Crippen LogP contribution in [0, 0.1) is 6.92 Å². The lowest BCUT2D eigenvalue weighted by molar-refractivity contribution is -0.274. The highest BCUT2D eigenvalue weighted by Gasteiger charge is 2.32. The van der Waals surface area contributed by atoms with Gasteiger partial charge in [-0.05, 0) is 30.2 Å². The summed E-state index contributed by atoms with van der Waals surface area (Å²) in [6.45, 7) is 1.79. The number of aryl methyl sites for hydroxylation is 1. The fourth-order valence-corrected chi connectivity index (χ4v) is 1.82. The van der Waals surface area contributed by atoms with Gasteiger partial charge in [-0.15, -0.1) is 13.2 Å². The highest BCUT2D eigenvalue weighted by atomic mass is 19.4. The minimum absolute atomic E-state index is 0.281. The van der Waals surface area contributed by atoms with E-state index in [1.54, 1.807) is 31.2 Å². The van der Waals surface area contributed by atoms with Crippen molar-refractivity contribution < 1.29 is 23.0 Å². The number of hydrogen-bond donors (Lipinski definition) is 1. The summed E-state index contributed by atoms with van der Waals surface area (Å²) in [6.07, 6.45) is -4.80. The minimum atomic E-state index is -4.80. The third kappa shape index (κ3) is 3.19. The summed E-state index contributed by atoms with van der Waals surface area (Å²) in [5.41, 5.74) is 1.73. The Morgan fingerprint density at radius 3 is 2.32 bits per heavy atom. The van der Waals surface area contributed by atoms with Crippen molar-refractivity contribution in [2.45, 2.75) is 13.3 Å². The first kappa shape index (κ1) is 13.3. The molecule has 1 N–H and O–H groups in total. The molecule has 0 heterocycles. The number of halogens is 3. The van der Waals surface area contributed by atoms with Crippen LogP contribution < -0.4 is 4.74 Å². The minimum Gasteiger partial charge on any atom is -0.508 e. The van der Waals surface area contributed by atoms with Gasteiger partial charge in [-0.2, -0.15) is 0 Å². The van der Waals surface area contributed by atoms with E-state index >= 15 is 0 Å². The number of phenols is 1. The monoisotopic (exact) mass is 268 g/mol. The quantitative estimate of drug-likeness (QED) is 0.881. The predicted octanol–water partition coefficient (Wildman–Crippen LogP) is 4.27. The number of rotatable bonds is 2. The molecular weight excluding hydrogens is 257 g/mol. The molecule has 2 aromatic rings. The highest BCUT2D eigenvalue weighted by Crippen LogP contribution is 2.37. The van der Waals surface area contributed by atoms with Gasteiger partial charge in [0.1, 0.15) is 11.5 Å². The Bertz CT molecular complexity index is 591. The van der Waals surface area contributed by atoms with Crippen LogP contribution in [0.1, 0.15) is 5.56 Å². The summed E-state index contributed by atoms with van der Waals surface area (Å²) in [5, 5.41) is 9.30. The van der Waals surface area contributed by atoms with E-state index < -0.39 is 12.1 Å². The Hall–Kier alpha value is -2.17. The van der Waals surface area contributed by atoms with Crippen LogP contribution >= 0.6 is 0 Å². The molecule has 0 fully saturated rings. The number of benzene rings is 2. The molecule has 2 nitrogen and oxygen atoms in total. The highest BCUT2D eigenvalue weighted by molar-refractivity contribution is 5.74. The van der Waals surface area contributed by atoms with Gasteiger partial charge in [0.25, 0.3) is 0 Å². The van der Waals surface area contributed by atoms with Gasteiger partial charge < -0.3 is 9.84 Å². The van der Waals surface area contributed by atoms with Crippen molar-refractivity contribution in [2.75, 3.05) is 0 Å². The van der Waals surface area contributed by atoms with Gasteiger partial charge in [0, 0.05) is 11.6 Å². The Kier molecular flexibility index (Phi) is 3.38. The lowest BCUT2D eigenvalue weighted by Crippen LogP contribution is -2.17. The van der Waals surface area contributed by atoms with Gasteiger partial charge in [0.15, 0.2) is 0 Å². The molecule has 0 atom stereocenters. The average Bonchev–Trinajstić information content (AvgIpc) is 2.28. The zero-order valence-corrected chi connectivity index (χ0v) is 10.0. The molecule has 100 valence electrons. The van der Waals surface area contributed by atoms with Crippen LogP contribution in [0.5, 0.6) is 11.5 Å². The van der Waals surface area contributed by atoms with Crippen molar-refractivity contribution in [3.63, 3.8) is 0 Å². The number of ether oxygens (including phenoxy) is 1. The fraction of sp³-hybridized carbons (Fsp3) is 0.143. The Morgan fingerprint density at radius 2 is 1.68 bits per heavy atom. The first-order valence-electron chi connectivity index (χ1n) is 5.51. The Morgan fingerprint density at radius 1 is 1.00 bits per heavy atom. The van der Waals surface area contributed by atoms with Crippen LogP contribution in [-0.4, -0.2) is 11.5 Å². The third-order valence-electron chi connectivity index (χ3n) is 2.63. The molecule has 0 saturated heterocycles. The zero-order chi connectivity index (χ0) is 14.0. The zero-order valence-electron chi connectivity index (χ0n) is 10.0. The molecule has 2 aromatic carbocycles. The second kappa shape index (κ2) is 4.84. The first-order chi connectivity index (χ1) is 8.87. The molecular formula is C14H11F3O2. The van der Waals surface area contributed by atoms with Crippen molar-refractivity contribution >= 4 is 0 Å². The lowest BCUT2D eigenvalue weighted by Gasteiger charge is -2.15. The molecule has 5 heteroatoms. The van der Waals surface area contributed by atoms with Crippen LogP contribution in [0.15, 0.2) is 42.5 Å². The second-order valence-corrected chi connectivity index (χ2v) is 4.04. The lowest BCUT2D eigenvalue weighted by atomic mass is 10.00. The molecule has 0 bridgehead atoms. The topological polar surface area (TPSA) is 29.5 Å². The second-order valence-electron chi connectivity index (χ2n) is 4.04. The largest absolute Gasteiger partial charge is 0.573 e. The van der Waals surface area contributed by atoms with E-state index in [2.05, 4.69) is 4.74 Å². The molecule has 0 spiro atoms. The molecule has 0 aliphatic rings. The summed E-state index contributed by atoms with van der Waals surface area (Å²) >= 11 is 0. The smallest absolute Gasteiger partial charge is 0.508 e. The molecule has 0 aliphatic heterocycles. The predicted molar refractivity (Wildman–Crippen MR) is 65.0 cm³/mol. The van der Waals surface area contributed by atoms with Crippen LogP contribution in [-0.2, 0) is 0 Å². The average molecular weight is 268 g/mol. The standard InChI is InChI=1S/C14H11F3O2/c1-9-4-2-3-5-11(9)12-7-6-10(18)8-13(12)19-14(15,16)17/h2-8,18H,1H3. The van der Waals surface area contributed by atoms with E-state index in [1.165, 1.54) is 12.1 Å². The fourth-order valence-electron chi connectivity index (χ4n) is 1.82. The van der Waals surface area contributed by atoms with Gasteiger partial charge >= 0.3 is 6.36 Å². The molecule has 0 saturated carbocycles. The van der Waals surface area contributed by atoms with E-state index in [-0.39, 0.29) is 11.3 Å². The number of hydrogen-bond acceptors (Lipinski definition) is 2. The van der Waals surface area contributed by atoms with Crippen molar-refractivity contribution in [1.29, 1.82) is 0 Å². The summed E-state index contributed by atoms with van der Waals surface area (Å²) in [7, 11) is 0. The number of aromatic hydroxyl groups is 1. The molecule has 2 rings (SSSR count). The van der Waals surface area contributed by atoms with Crippen LogP contribution in [0.3, 0.4) is 0 Å². The third-order valence-corrected chi connectivity index (χ3v) is 2.63. The van der Waals surface area contributed by atoms with Gasteiger partial charge in [0.05, 0.1) is 0 Å². The molecule has 19 heavy (non-hydrogen) atoms. The molecule has 0 amide bonds. The number of phenolic OH excluding ortho intramolecular Hbond substituents is 1. The van der Waals surface area contributed by atoms with Crippen molar-refractivity contribution in [3.8, 4) is 22.6 Å². The van der Waals surface area contributed by atoms with Crippen LogP contribution in [0.25, 0.3) is 11.1 Å². The van der Waals surface area contributed by atoms with Crippen molar-refractivity contribution in [2.24, 2.45) is 0 Å². The maximum Gasteiger partial charge on any atom is 0.573 e. The van der Waals surface area contributed by atoms with E-state index in [0.717, 1.165) is 11.6 Å². The normalized spacial score (nSPS) is 11.4. The van der Waals surface area contributed by atoms with Crippen LogP contribution in [0.4, 0.5) is 13.2 Å². The Balaban J connectivity index is 2.54. The van der Waals surface area contributed by atoms with E-state index in [9.17, 15) is 18.3 Å². The SMILES string of the molecule is Cc1ccccc1-c1ccc(O)cc1OC(F)(F)F. The summed E-state index contributed by atoms with van der Waals surface area (Å²) in [6, 6.07) is 10.7. The van der Waals surface area contributed by atoms with Crippen molar-refractivity contribution in [3.05, 3.63) is 48.0 Å². The molecule has 0 aliphatic carbocycles. The maximum absolute atomic E-state index is 12.4. The summed E-state index contributed by atoms with van der Waals surface area (Å²) in [4.78, 5) is 0. The van der Waals surface area contributed by atoms with Crippen molar-refractivity contribution in [1.82, 2.24) is 0 Å². The van der Waals surface area contributed by atoms with E-state index in [4.69, 9.17) is 0 Å². The van der Waals surface area contributed by atoms with Crippen LogP contribution in [0.2, 0.25) is 0 Å². The molecule has 0 aromatic heterocycles. The Labute approximate surface area is 108 Å². The van der Waals surface area contributed by atoms with Gasteiger partial charge in [0.2, 0.25) is 0 Å². The maximum atomic E-state index is 12.4. The van der Waals surface area contributed by atoms with Gasteiger partial charge in [-0.3, -0.25) is 0 Å². The van der Waals surface area contributed by atoms with Gasteiger partial charge in [-0.25, -0.2) is 0 Å². The first-order valence-corrected chi connectivity index (χ1v) is 5.51. The van der Waals surface area contributed by atoms with E-state index in [1.807, 2.05) is 0 Å². The van der Waals surface area contributed by atoms with Gasteiger partial charge in [-0.1, -0.05) is 24.3 Å². The number of alkyl halides is 3. The summed E-state index contributed by atoms with van der Waals surface area (Å²) in [5.74, 6) is -0.696. The van der Waals surface area contributed by atoms with E-state index in [0.29, 0.717) is 5.56 Å².